The summed E-state index contributed by atoms with van der Waals surface area (Å²) in [5.74, 6) is -3.68. The summed E-state index contributed by atoms with van der Waals surface area (Å²) >= 11 is 3.76. The number of ether oxygens (including phenoxy) is 2. The lowest BCUT2D eigenvalue weighted by Crippen LogP contribution is -2.60. The van der Waals surface area contributed by atoms with Crippen molar-refractivity contribution in [1.82, 2.24) is 10.2 Å². The molecule has 3 heterocycles. The van der Waals surface area contributed by atoms with Crippen LogP contribution in [0.15, 0.2) is 73.8 Å². The summed E-state index contributed by atoms with van der Waals surface area (Å²) in [5.41, 5.74) is 1.93. The van der Waals surface area contributed by atoms with Gasteiger partial charge in [0.1, 0.15) is 18.2 Å². The Morgan fingerprint density at radius 3 is 2.55 bits per heavy atom. The summed E-state index contributed by atoms with van der Waals surface area (Å²) in [6, 6.07) is 12.6. The molecule has 3 saturated heterocycles. The summed E-state index contributed by atoms with van der Waals surface area (Å²) in [6.45, 7) is 15.1. The zero-order valence-corrected chi connectivity index (χ0v) is 31.5. The van der Waals surface area contributed by atoms with Gasteiger partial charge in [-0.15, -0.1) is 13.2 Å². The number of nitrogens with zero attached hydrogens (tertiary/aromatic N) is 2. The van der Waals surface area contributed by atoms with Gasteiger partial charge in [-0.2, -0.15) is 0 Å². The second-order valence-corrected chi connectivity index (χ2v) is 15.2. The summed E-state index contributed by atoms with van der Waals surface area (Å²) in [5, 5.41) is 13.9. The average Bonchev–Trinajstić information content (AvgIpc) is 3.72. The van der Waals surface area contributed by atoms with E-state index in [-0.39, 0.29) is 48.7 Å². The minimum atomic E-state index is -1.34. The van der Waals surface area contributed by atoms with Gasteiger partial charge in [0.25, 0.3) is 5.91 Å². The number of nitrogens with one attached hydrogen (secondary N) is 1. The minimum absolute atomic E-state index is 0.105. The maximum Gasteiger partial charge on any atom is 0.306 e. The highest BCUT2D eigenvalue weighted by Crippen LogP contribution is 2.61. The molecule has 1 spiro atoms. The molecule has 3 aliphatic rings. The lowest BCUT2D eigenvalue weighted by Gasteiger charge is -2.41. The Morgan fingerprint density at radius 2 is 1.90 bits per heavy atom. The number of aliphatic hydroxyl groups excluding tert-OH is 1. The van der Waals surface area contributed by atoms with Crippen LogP contribution in [0.25, 0.3) is 0 Å². The number of alkyl halides is 1. The number of anilines is 1. The molecule has 2 aromatic rings. The van der Waals surface area contributed by atoms with Gasteiger partial charge in [0, 0.05) is 23.5 Å². The van der Waals surface area contributed by atoms with Crippen molar-refractivity contribution in [1.29, 1.82) is 0 Å². The van der Waals surface area contributed by atoms with Gasteiger partial charge in [0.2, 0.25) is 11.8 Å². The van der Waals surface area contributed by atoms with Crippen LogP contribution in [0.5, 0.6) is 0 Å². The van der Waals surface area contributed by atoms with E-state index in [4.69, 9.17) is 9.47 Å². The predicted octanol–water partition coefficient (Wildman–Crippen LogP) is 5.34. The molecule has 0 aliphatic carbocycles. The highest BCUT2D eigenvalue weighted by molar-refractivity contribution is 9.09. The highest BCUT2D eigenvalue weighted by atomic mass is 79.9. The lowest BCUT2D eigenvalue weighted by molar-refractivity contribution is -0.147. The molecule has 0 radical (unpaired) electrons. The Hall–Kier alpha value is -3.80. The number of allylic oxidation sites excluding steroid dienone is 1. The van der Waals surface area contributed by atoms with Gasteiger partial charge >= 0.3 is 5.97 Å². The third kappa shape index (κ3) is 7.30. The predicted molar refractivity (Wildman–Crippen MR) is 199 cm³/mol. The molecule has 2 N–H and O–H groups in total. The Bertz CT molecular complexity index is 1630. The molecule has 5 rings (SSSR count). The zero-order chi connectivity index (χ0) is 37.0. The van der Waals surface area contributed by atoms with E-state index >= 15 is 4.79 Å². The molecular formula is C40H50BrN3O7. The number of hydrogen-bond donors (Lipinski definition) is 2. The van der Waals surface area contributed by atoms with Crippen molar-refractivity contribution in [3.05, 3.63) is 90.5 Å². The third-order valence-corrected chi connectivity index (χ3v) is 11.7. The van der Waals surface area contributed by atoms with E-state index in [2.05, 4.69) is 34.4 Å². The van der Waals surface area contributed by atoms with E-state index in [1.807, 2.05) is 76.2 Å². The van der Waals surface area contributed by atoms with Crippen LogP contribution < -0.4 is 10.2 Å². The molecular weight excluding hydrogens is 714 g/mol. The molecule has 1 unspecified atom stereocenters. The Morgan fingerprint density at radius 1 is 1.18 bits per heavy atom. The number of esters is 1. The van der Waals surface area contributed by atoms with Crippen molar-refractivity contribution in [2.24, 2.45) is 17.8 Å². The molecule has 3 aliphatic heterocycles. The van der Waals surface area contributed by atoms with Gasteiger partial charge in [-0.1, -0.05) is 90.8 Å². The highest BCUT2D eigenvalue weighted by Gasteiger charge is 2.77. The molecule has 3 amide bonds. The molecule has 51 heavy (non-hydrogen) atoms. The summed E-state index contributed by atoms with van der Waals surface area (Å²) in [4.78, 5) is 59.9. The molecule has 3 fully saturated rings. The number of hydrogen-bond acceptors (Lipinski definition) is 7. The molecule has 9 atom stereocenters. The Labute approximate surface area is 309 Å². The van der Waals surface area contributed by atoms with E-state index in [1.165, 1.54) is 4.90 Å². The number of carbonyl (C=O) groups excluding carboxylic acids is 4. The van der Waals surface area contributed by atoms with Crippen molar-refractivity contribution < 1.29 is 33.8 Å². The molecule has 0 saturated carbocycles. The Balaban J connectivity index is 1.55. The van der Waals surface area contributed by atoms with Crippen molar-refractivity contribution in [2.45, 2.75) is 88.0 Å². The van der Waals surface area contributed by atoms with Crippen molar-refractivity contribution >= 4 is 45.3 Å². The first-order valence-electron chi connectivity index (χ1n) is 17.8. The maximum atomic E-state index is 15.1. The number of likely N-dealkylation sites (tertiary alicyclic amines) is 1. The van der Waals surface area contributed by atoms with Gasteiger partial charge in [0.05, 0.1) is 36.6 Å². The van der Waals surface area contributed by atoms with Crippen LogP contribution in [0.3, 0.4) is 0 Å². The fourth-order valence-electron chi connectivity index (χ4n) is 8.05. The van der Waals surface area contributed by atoms with Crippen LogP contribution in [0.1, 0.15) is 62.3 Å². The van der Waals surface area contributed by atoms with E-state index in [0.29, 0.717) is 24.9 Å². The smallest absolute Gasteiger partial charge is 0.306 e. The lowest BCUT2D eigenvalue weighted by atomic mass is 9.70. The maximum absolute atomic E-state index is 15.1. The number of aryl methyl sites for hydroxylation is 2. The van der Waals surface area contributed by atoms with Gasteiger partial charge in [-0.3, -0.25) is 19.2 Å². The molecule has 10 nitrogen and oxygen atoms in total. The molecule has 2 bridgehead atoms. The average molecular weight is 765 g/mol. The summed E-state index contributed by atoms with van der Waals surface area (Å²) in [7, 11) is 0. The van der Waals surface area contributed by atoms with Crippen LogP contribution >= 0.6 is 15.9 Å². The normalized spacial score (nSPS) is 26.6. The van der Waals surface area contributed by atoms with Crippen molar-refractivity contribution in [2.75, 3.05) is 24.7 Å². The van der Waals surface area contributed by atoms with Crippen LogP contribution in [-0.4, -0.2) is 82.1 Å². The van der Waals surface area contributed by atoms with Gasteiger partial charge in [-0.05, 0) is 55.4 Å². The van der Waals surface area contributed by atoms with Gasteiger partial charge in [0.15, 0.2) is 0 Å². The van der Waals surface area contributed by atoms with Crippen LogP contribution in [0.2, 0.25) is 0 Å². The molecule has 2 aromatic carbocycles. The van der Waals surface area contributed by atoms with Crippen LogP contribution in [0, 0.1) is 31.6 Å². The first-order chi connectivity index (χ1) is 24.4. The van der Waals surface area contributed by atoms with E-state index < -0.39 is 53.5 Å². The first kappa shape index (κ1) is 38.4. The number of fused-ring (bicyclic) bond motifs is 1. The molecule has 11 heteroatoms. The molecule has 274 valence electrons. The number of rotatable bonds is 16. The van der Waals surface area contributed by atoms with Gasteiger partial charge in [-0.25, -0.2) is 0 Å². The largest absolute Gasteiger partial charge is 0.463 e. The van der Waals surface area contributed by atoms with E-state index in [0.717, 1.165) is 16.7 Å². The molecule has 0 aromatic heterocycles. The monoisotopic (exact) mass is 763 g/mol. The van der Waals surface area contributed by atoms with E-state index in [9.17, 15) is 19.5 Å². The number of benzene rings is 2. The first-order valence-corrected chi connectivity index (χ1v) is 18.7. The Kier molecular flexibility index (Phi) is 12.2. The van der Waals surface area contributed by atoms with Gasteiger partial charge < -0.3 is 29.7 Å². The van der Waals surface area contributed by atoms with Crippen LogP contribution in [0.4, 0.5) is 5.69 Å². The minimum Gasteiger partial charge on any atom is -0.463 e. The second kappa shape index (κ2) is 16.3. The third-order valence-electron chi connectivity index (χ3n) is 10.8. The summed E-state index contributed by atoms with van der Waals surface area (Å²) < 4.78 is 12.4. The topological polar surface area (TPSA) is 125 Å². The summed E-state index contributed by atoms with van der Waals surface area (Å²) in [6.07, 6.45) is 4.20. The van der Waals surface area contributed by atoms with Crippen molar-refractivity contribution in [3.63, 3.8) is 0 Å². The van der Waals surface area contributed by atoms with Crippen LogP contribution in [-0.2, 0) is 28.7 Å². The fourth-order valence-corrected chi connectivity index (χ4v) is 9.00. The quantitative estimate of drug-likeness (QED) is 0.134. The number of amides is 3. The second-order valence-electron chi connectivity index (χ2n) is 14.1. The van der Waals surface area contributed by atoms with Crippen molar-refractivity contribution in [3.8, 4) is 0 Å². The number of aliphatic hydroxyl groups is 1. The number of carbonyl (C=O) groups is 4. The fraction of sp³-hybridized carbons (Fsp3) is 0.500. The zero-order valence-electron chi connectivity index (χ0n) is 29.9. The van der Waals surface area contributed by atoms with E-state index in [1.54, 1.807) is 17.1 Å². The standard InChI is InChI=1S/C40H50BrN3O7/c1-7-10-16-32(46)50-23-29(27-14-12-11-13-15-27)42-37(47)33-34-38(48)44(31(22-45)25(5)9-3)36(40(34)21-28(41)35(33)51-40)39(49)43(19-8-2)30-20-24(4)17-18-26(30)6/h7-8,11-15,17-18,20,25,28-29,31,33-36,45H,1-2,9-10,16,19,21-23H2,3-6H3,(H,42,47)/t25-,28?,29+,31-,33+,34-,35+,36+,40-/m0/s1. The number of halogens is 1. The SMILES string of the molecule is C=CCCC(=O)OC[C@@H](NC(=O)[C@H]1[C@@H]2O[C@@]3(CC2Br)[C@@H]1C(=O)N([C@@H](CO)[C@@H](C)CC)[C@@H]3C(=O)N(CC=C)c1cc(C)ccc1C)c1ccccc1.